The van der Waals surface area contributed by atoms with E-state index in [9.17, 15) is 4.79 Å². The zero-order chi connectivity index (χ0) is 20.4. The highest BCUT2D eigenvalue weighted by Crippen LogP contribution is 2.20. The summed E-state index contributed by atoms with van der Waals surface area (Å²) < 4.78 is 12.7. The Morgan fingerprint density at radius 2 is 1.97 bits per heavy atom. The molecule has 1 N–H and O–H groups in total. The number of nitrogens with zero attached hydrogens (tertiary/aromatic N) is 3. The lowest BCUT2D eigenvalue weighted by Gasteiger charge is -2.05. The van der Waals surface area contributed by atoms with Gasteiger partial charge in [-0.05, 0) is 44.0 Å². The van der Waals surface area contributed by atoms with Gasteiger partial charge in [0.2, 0.25) is 0 Å². The summed E-state index contributed by atoms with van der Waals surface area (Å²) in [5, 5.41) is 11.1. The van der Waals surface area contributed by atoms with Crippen LogP contribution < -0.4 is 5.32 Å². The molecular formula is C22H22N4O3. The minimum atomic E-state index is -0.314. The molecular weight excluding hydrogens is 368 g/mol. The van der Waals surface area contributed by atoms with E-state index < -0.39 is 0 Å². The lowest BCUT2D eigenvalue weighted by Crippen LogP contribution is -2.10. The number of carbonyl (C=O) groups excluding carboxylic acids is 1. The second-order valence-corrected chi connectivity index (χ2v) is 7.05. The van der Waals surface area contributed by atoms with Gasteiger partial charge in [0.1, 0.15) is 11.5 Å². The van der Waals surface area contributed by atoms with E-state index in [-0.39, 0.29) is 11.7 Å². The predicted molar refractivity (Wildman–Crippen MR) is 108 cm³/mol. The van der Waals surface area contributed by atoms with Crippen LogP contribution in [0.25, 0.3) is 0 Å². The quantitative estimate of drug-likeness (QED) is 0.531. The van der Waals surface area contributed by atoms with Crippen LogP contribution in [0.4, 0.5) is 5.69 Å². The van der Waals surface area contributed by atoms with Crippen LogP contribution in [0.5, 0.6) is 0 Å². The van der Waals surface area contributed by atoms with Gasteiger partial charge in [-0.3, -0.25) is 9.48 Å². The topological polar surface area (TPSA) is 86.1 Å². The molecule has 0 saturated carbocycles. The number of aromatic nitrogens is 3. The molecule has 0 atom stereocenters. The fourth-order valence-corrected chi connectivity index (χ4v) is 3.19. The van der Waals surface area contributed by atoms with Gasteiger partial charge in [-0.1, -0.05) is 29.4 Å². The van der Waals surface area contributed by atoms with Crippen LogP contribution in [0.3, 0.4) is 0 Å². The van der Waals surface area contributed by atoms with Crippen molar-refractivity contribution in [3.05, 3.63) is 88.5 Å². The van der Waals surface area contributed by atoms with E-state index in [0.29, 0.717) is 24.4 Å². The maximum atomic E-state index is 12.5. The molecule has 3 heterocycles. The Kier molecular flexibility index (Phi) is 5.03. The highest BCUT2D eigenvalue weighted by molar-refractivity contribution is 6.02. The van der Waals surface area contributed by atoms with Crippen molar-refractivity contribution in [2.45, 2.75) is 33.7 Å². The zero-order valence-electron chi connectivity index (χ0n) is 16.6. The molecule has 1 aromatic carbocycles. The molecule has 3 aromatic heterocycles. The molecule has 0 fully saturated rings. The van der Waals surface area contributed by atoms with Crippen LogP contribution in [-0.2, 0) is 13.0 Å². The third-order valence-electron chi connectivity index (χ3n) is 4.90. The summed E-state index contributed by atoms with van der Waals surface area (Å²) in [6.07, 6.45) is 3.96. The summed E-state index contributed by atoms with van der Waals surface area (Å²) in [7, 11) is 0. The minimum Gasteiger partial charge on any atom is -0.456 e. The lowest BCUT2D eigenvalue weighted by atomic mass is 10.1. The summed E-state index contributed by atoms with van der Waals surface area (Å²) in [6, 6.07) is 11.6. The molecule has 1 amide bonds. The average molecular weight is 390 g/mol. The second-order valence-electron chi connectivity index (χ2n) is 7.05. The molecule has 7 nitrogen and oxygen atoms in total. The Balaban J connectivity index is 1.41. The van der Waals surface area contributed by atoms with Gasteiger partial charge in [0.15, 0.2) is 5.76 Å². The van der Waals surface area contributed by atoms with Gasteiger partial charge in [0, 0.05) is 18.2 Å². The molecule has 7 heteroatoms. The first-order chi connectivity index (χ1) is 14.0. The van der Waals surface area contributed by atoms with E-state index in [2.05, 4.69) is 34.6 Å². The molecule has 0 aliphatic heterocycles. The van der Waals surface area contributed by atoms with Gasteiger partial charge in [-0.15, -0.1) is 0 Å². The second kappa shape index (κ2) is 7.79. The number of amides is 1. The number of benzene rings is 1. The molecule has 0 aliphatic carbocycles. The van der Waals surface area contributed by atoms with Crippen molar-refractivity contribution in [3.63, 3.8) is 0 Å². The maximum Gasteiger partial charge on any atom is 0.291 e. The van der Waals surface area contributed by atoms with Gasteiger partial charge in [0.25, 0.3) is 5.91 Å². The minimum absolute atomic E-state index is 0.249. The van der Waals surface area contributed by atoms with Crippen molar-refractivity contribution in [1.29, 1.82) is 0 Å². The average Bonchev–Trinajstić information content (AvgIpc) is 3.41. The first-order valence-corrected chi connectivity index (χ1v) is 9.38. The molecule has 0 saturated heterocycles. The third-order valence-corrected chi connectivity index (χ3v) is 4.90. The monoisotopic (exact) mass is 390 g/mol. The molecule has 29 heavy (non-hydrogen) atoms. The first-order valence-electron chi connectivity index (χ1n) is 9.38. The van der Waals surface area contributed by atoms with E-state index in [4.69, 9.17) is 8.94 Å². The largest absolute Gasteiger partial charge is 0.456 e. The Labute approximate surface area is 168 Å². The molecule has 0 aliphatic rings. The summed E-state index contributed by atoms with van der Waals surface area (Å²) in [4.78, 5) is 12.5. The number of hydrogen-bond donors (Lipinski definition) is 1. The van der Waals surface area contributed by atoms with E-state index in [1.165, 1.54) is 11.1 Å². The maximum absolute atomic E-state index is 12.5. The third kappa shape index (κ3) is 4.13. The lowest BCUT2D eigenvalue weighted by molar-refractivity contribution is 0.0995. The van der Waals surface area contributed by atoms with E-state index >= 15 is 0 Å². The van der Waals surface area contributed by atoms with Crippen molar-refractivity contribution in [2.24, 2.45) is 0 Å². The summed E-state index contributed by atoms with van der Waals surface area (Å²) in [5.74, 6) is 1.37. The Morgan fingerprint density at radius 3 is 2.72 bits per heavy atom. The molecule has 4 aromatic rings. The number of furan rings is 1. The highest BCUT2D eigenvalue weighted by Gasteiger charge is 2.16. The smallest absolute Gasteiger partial charge is 0.291 e. The highest BCUT2D eigenvalue weighted by atomic mass is 16.5. The number of anilines is 1. The van der Waals surface area contributed by atoms with Crippen molar-refractivity contribution in [2.75, 3.05) is 5.32 Å². The fraction of sp³-hybridized carbons (Fsp3) is 0.227. The molecule has 0 radical (unpaired) electrons. The Hall–Kier alpha value is -3.61. The van der Waals surface area contributed by atoms with Crippen molar-refractivity contribution < 1.29 is 13.7 Å². The van der Waals surface area contributed by atoms with Crippen molar-refractivity contribution in [1.82, 2.24) is 14.9 Å². The molecule has 4 rings (SSSR count). The fourth-order valence-electron chi connectivity index (χ4n) is 3.19. The molecule has 148 valence electrons. The van der Waals surface area contributed by atoms with Gasteiger partial charge >= 0.3 is 0 Å². The number of carbonyl (C=O) groups is 1. The Bertz CT molecular complexity index is 1130. The number of aryl methyl sites for hydroxylation is 3. The van der Waals surface area contributed by atoms with Gasteiger partial charge in [-0.2, -0.15) is 5.10 Å². The van der Waals surface area contributed by atoms with Gasteiger partial charge in [0.05, 0.1) is 24.1 Å². The van der Waals surface area contributed by atoms with Crippen LogP contribution in [0.15, 0.2) is 57.7 Å². The van der Waals surface area contributed by atoms with E-state index in [0.717, 1.165) is 17.0 Å². The number of nitrogens with one attached hydrogen (secondary N) is 1. The predicted octanol–water partition coefficient (Wildman–Crippen LogP) is 4.28. The van der Waals surface area contributed by atoms with E-state index in [1.807, 2.05) is 26.0 Å². The Morgan fingerprint density at radius 1 is 1.14 bits per heavy atom. The normalized spacial score (nSPS) is 11.0. The van der Waals surface area contributed by atoms with Gasteiger partial charge in [-0.25, -0.2) is 0 Å². The van der Waals surface area contributed by atoms with Gasteiger partial charge < -0.3 is 14.3 Å². The SMILES string of the molecule is Cc1ccccc1Cn1cc(NC(=O)c2ccc(Cc3c(C)noc3C)o2)cn1. The van der Waals surface area contributed by atoms with E-state index in [1.54, 1.807) is 29.2 Å². The standard InChI is InChI=1S/C22H22N4O3/c1-14-6-4-5-7-17(14)12-26-13-18(11-23-26)24-22(27)21-9-8-19(28-21)10-20-15(2)25-29-16(20)3/h4-9,11,13H,10,12H2,1-3H3,(H,24,27). The first kappa shape index (κ1) is 18.7. The van der Waals surface area contributed by atoms with Crippen LogP contribution in [0.1, 0.15) is 44.5 Å². The summed E-state index contributed by atoms with van der Waals surface area (Å²) >= 11 is 0. The van der Waals surface area contributed by atoms with Crippen molar-refractivity contribution >= 4 is 11.6 Å². The number of rotatable bonds is 6. The van der Waals surface area contributed by atoms with Crippen LogP contribution >= 0.6 is 0 Å². The van der Waals surface area contributed by atoms with Crippen molar-refractivity contribution in [3.8, 4) is 0 Å². The summed E-state index contributed by atoms with van der Waals surface area (Å²) in [6.45, 7) is 6.46. The summed E-state index contributed by atoms with van der Waals surface area (Å²) in [5.41, 5.74) is 4.81. The molecule has 0 bridgehead atoms. The molecule has 0 unspecified atom stereocenters. The zero-order valence-corrected chi connectivity index (χ0v) is 16.6. The van der Waals surface area contributed by atoms with Crippen LogP contribution in [0, 0.1) is 20.8 Å². The number of hydrogen-bond acceptors (Lipinski definition) is 5. The van der Waals surface area contributed by atoms with Crippen LogP contribution in [-0.4, -0.2) is 20.8 Å². The van der Waals surface area contributed by atoms with Crippen LogP contribution in [0.2, 0.25) is 0 Å². The molecule has 0 spiro atoms.